The van der Waals surface area contributed by atoms with Crippen LogP contribution < -0.4 is 4.90 Å². The SMILES string of the molecule is CCc1ccc([C@H]2OC3(C(=O)c4ccccc4C3=O)[C@H]3C(=O)N(c4ccc(C)cc4)C(=O)[C@@H]23)cc1. The normalized spacial score (nSPS) is 24.4. The molecule has 2 heterocycles. The minimum Gasteiger partial charge on any atom is -0.349 e. The van der Waals surface area contributed by atoms with Gasteiger partial charge in [0.1, 0.15) is 0 Å². The summed E-state index contributed by atoms with van der Waals surface area (Å²) in [6, 6.07) is 21.1. The number of carbonyl (C=O) groups is 4. The highest BCUT2D eigenvalue weighted by atomic mass is 16.5. The number of ketones is 2. The first-order valence-electron chi connectivity index (χ1n) is 11.8. The predicted octanol–water partition coefficient (Wildman–Crippen LogP) is 4.25. The number of carbonyl (C=O) groups excluding carboxylic acids is 4. The van der Waals surface area contributed by atoms with Crippen molar-refractivity contribution in [2.75, 3.05) is 4.90 Å². The highest BCUT2D eigenvalue weighted by molar-refractivity contribution is 6.37. The van der Waals surface area contributed by atoms with Gasteiger partial charge in [-0.3, -0.25) is 19.2 Å². The van der Waals surface area contributed by atoms with Gasteiger partial charge in [-0.2, -0.15) is 0 Å². The third-order valence-corrected chi connectivity index (χ3v) is 7.53. The second kappa shape index (κ2) is 7.55. The number of aryl methyl sites for hydroxylation is 2. The summed E-state index contributed by atoms with van der Waals surface area (Å²) < 4.78 is 6.32. The van der Waals surface area contributed by atoms with Crippen molar-refractivity contribution in [1.82, 2.24) is 0 Å². The van der Waals surface area contributed by atoms with E-state index in [1.165, 1.54) is 0 Å². The van der Waals surface area contributed by atoms with E-state index in [4.69, 9.17) is 4.74 Å². The van der Waals surface area contributed by atoms with E-state index >= 15 is 0 Å². The van der Waals surface area contributed by atoms with Crippen LogP contribution in [0.15, 0.2) is 72.8 Å². The molecule has 6 rings (SSSR count). The minimum atomic E-state index is -2.05. The Morgan fingerprint density at radius 3 is 1.97 bits per heavy atom. The molecule has 0 radical (unpaired) electrons. The Morgan fingerprint density at radius 1 is 0.800 bits per heavy atom. The van der Waals surface area contributed by atoms with Gasteiger partial charge in [0.25, 0.3) is 0 Å². The number of fused-ring (bicyclic) bond motifs is 3. The number of hydrogen-bond donors (Lipinski definition) is 0. The zero-order valence-electron chi connectivity index (χ0n) is 19.4. The molecule has 1 spiro atoms. The maximum atomic E-state index is 13.9. The summed E-state index contributed by atoms with van der Waals surface area (Å²) >= 11 is 0. The molecule has 3 aromatic rings. The van der Waals surface area contributed by atoms with E-state index in [2.05, 4.69) is 0 Å². The van der Waals surface area contributed by atoms with E-state index in [0.717, 1.165) is 22.4 Å². The van der Waals surface area contributed by atoms with Gasteiger partial charge in [0.2, 0.25) is 29.0 Å². The van der Waals surface area contributed by atoms with E-state index in [1.54, 1.807) is 36.4 Å². The van der Waals surface area contributed by atoms with Crippen LogP contribution in [0.5, 0.6) is 0 Å². The Bertz CT molecular complexity index is 1370. The number of imide groups is 1. The van der Waals surface area contributed by atoms with Gasteiger partial charge in [-0.15, -0.1) is 0 Å². The van der Waals surface area contributed by atoms with Crippen LogP contribution in [0, 0.1) is 18.8 Å². The van der Waals surface area contributed by atoms with Gasteiger partial charge in [0.05, 0.1) is 23.6 Å². The maximum absolute atomic E-state index is 13.9. The monoisotopic (exact) mass is 465 g/mol. The molecule has 35 heavy (non-hydrogen) atoms. The summed E-state index contributed by atoms with van der Waals surface area (Å²) in [5.74, 6) is -4.36. The van der Waals surface area contributed by atoms with Crippen LogP contribution in [0.1, 0.15) is 50.4 Å². The van der Waals surface area contributed by atoms with Crippen molar-refractivity contribution in [3.63, 3.8) is 0 Å². The smallest absolute Gasteiger partial charge is 0.241 e. The summed E-state index contributed by atoms with van der Waals surface area (Å²) in [5, 5.41) is 0. The summed E-state index contributed by atoms with van der Waals surface area (Å²) in [7, 11) is 0. The largest absolute Gasteiger partial charge is 0.349 e. The molecular formula is C29H23NO5. The van der Waals surface area contributed by atoms with Crippen molar-refractivity contribution in [2.45, 2.75) is 32.0 Å². The van der Waals surface area contributed by atoms with Crippen molar-refractivity contribution in [2.24, 2.45) is 11.8 Å². The molecule has 0 N–H and O–H groups in total. The first kappa shape index (κ1) is 21.6. The molecular weight excluding hydrogens is 442 g/mol. The number of Topliss-reactive ketones (excluding diaryl/α,β-unsaturated/α-hetero) is 2. The maximum Gasteiger partial charge on any atom is 0.241 e. The topological polar surface area (TPSA) is 80.8 Å². The second-order valence-corrected chi connectivity index (χ2v) is 9.42. The van der Waals surface area contributed by atoms with Gasteiger partial charge in [-0.25, -0.2) is 4.90 Å². The van der Waals surface area contributed by atoms with E-state index in [-0.39, 0.29) is 11.1 Å². The molecule has 0 unspecified atom stereocenters. The summed E-state index contributed by atoms with van der Waals surface area (Å²) in [5.41, 5.74) is 1.59. The molecule has 2 fully saturated rings. The van der Waals surface area contributed by atoms with Crippen LogP contribution in [0.3, 0.4) is 0 Å². The molecule has 3 aromatic carbocycles. The van der Waals surface area contributed by atoms with Crippen molar-refractivity contribution >= 4 is 29.1 Å². The molecule has 0 bridgehead atoms. The van der Waals surface area contributed by atoms with E-state index in [1.807, 2.05) is 50.2 Å². The minimum absolute atomic E-state index is 0.229. The standard InChI is InChI=1S/C29H23NO5/c1-3-17-10-12-18(13-11-17)24-22-23(28(34)30(27(22)33)19-14-8-16(2)9-15-19)29(35-24)25(31)20-6-4-5-7-21(20)26(29)32/h4-15,22-24H,3H2,1-2H3/t22-,23-,24-/m1/s1. The Balaban J connectivity index is 1.53. The Kier molecular flexibility index (Phi) is 4.66. The number of amides is 2. The molecule has 0 aromatic heterocycles. The Morgan fingerprint density at radius 2 is 1.40 bits per heavy atom. The van der Waals surface area contributed by atoms with Crippen LogP contribution in [0.2, 0.25) is 0 Å². The zero-order valence-corrected chi connectivity index (χ0v) is 19.4. The van der Waals surface area contributed by atoms with Crippen LogP contribution in [-0.2, 0) is 20.7 Å². The van der Waals surface area contributed by atoms with E-state index < -0.39 is 46.9 Å². The van der Waals surface area contributed by atoms with Gasteiger partial charge in [0, 0.05) is 11.1 Å². The van der Waals surface area contributed by atoms with Gasteiger partial charge in [-0.05, 0) is 36.6 Å². The molecule has 2 saturated heterocycles. The van der Waals surface area contributed by atoms with E-state index in [9.17, 15) is 19.2 Å². The molecule has 0 saturated carbocycles. The average Bonchev–Trinajstić information content (AvgIpc) is 3.45. The highest BCUT2D eigenvalue weighted by Crippen LogP contribution is 2.57. The third kappa shape index (κ3) is 2.80. The molecule has 6 nitrogen and oxygen atoms in total. The van der Waals surface area contributed by atoms with Crippen molar-refractivity contribution in [3.05, 3.63) is 101 Å². The Hall–Kier alpha value is -3.90. The number of rotatable bonds is 3. The number of ether oxygens (including phenoxy) is 1. The van der Waals surface area contributed by atoms with Gasteiger partial charge in [0.15, 0.2) is 0 Å². The lowest BCUT2D eigenvalue weighted by atomic mass is 9.77. The van der Waals surface area contributed by atoms with Crippen LogP contribution in [0.25, 0.3) is 0 Å². The average molecular weight is 466 g/mol. The van der Waals surface area contributed by atoms with Crippen molar-refractivity contribution in [3.8, 4) is 0 Å². The lowest BCUT2D eigenvalue weighted by Gasteiger charge is -2.27. The quantitative estimate of drug-likeness (QED) is 0.427. The third-order valence-electron chi connectivity index (χ3n) is 7.53. The molecule has 3 aliphatic rings. The summed E-state index contributed by atoms with van der Waals surface area (Å²) in [4.78, 5) is 56.4. The summed E-state index contributed by atoms with van der Waals surface area (Å²) in [6.45, 7) is 3.95. The molecule has 6 heteroatoms. The molecule has 2 aliphatic heterocycles. The fourth-order valence-electron chi connectivity index (χ4n) is 5.71. The molecule has 1 aliphatic carbocycles. The Labute approximate surface area is 202 Å². The lowest BCUT2D eigenvalue weighted by Crippen LogP contribution is -2.51. The number of nitrogens with zero attached hydrogens (tertiary/aromatic N) is 1. The van der Waals surface area contributed by atoms with Crippen LogP contribution in [0.4, 0.5) is 5.69 Å². The highest BCUT2D eigenvalue weighted by Gasteiger charge is 2.74. The van der Waals surface area contributed by atoms with Crippen LogP contribution in [-0.4, -0.2) is 29.0 Å². The predicted molar refractivity (Wildman–Crippen MR) is 128 cm³/mol. The van der Waals surface area contributed by atoms with Gasteiger partial charge in [-0.1, -0.05) is 73.2 Å². The molecule has 174 valence electrons. The molecule has 2 amide bonds. The first-order chi connectivity index (χ1) is 16.9. The first-order valence-corrected chi connectivity index (χ1v) is 11.8. The van der Waals surface area contributed by atoms with Crippen LogP contribution >= 0.6 is 0 Å². The number of anilines is 1. The van der Waals surface area contributed by atoms with E-state index in [0.29, 0.717) is 11.3 Å². The van der Waals surface area contributed by atoms with Gasteiger partial charge < -0.3 is 4.74 Å². The summed E-state index contributed by atoms with van der Waals surface area (Å²) in [6.07, 6.45) is -0.0628. The second-order valence-electron chi connectivity index (χ2n) is 9.42. The lowest BCUT2D eigenvalue weighted by molar-refractivity contribution is -0.127. The fraction of sp³-hybridized carbons (Fsp3) is 0.241. The number of hydrogen-bond acceptors (Lipinski definition) is 5. The van der Waals surface area contributed by atoms with Crippen molar-refractivity contribution in [1.29, 1.82) is 0 Å². The van der Waals surface area contributed by atoms with Gasteiger partial charge >= 0.3 is 0 Å². The zero-order chi connectivity index (χ0) is 24.5. The fourth-order valence-corrected chi connectivity index (χ4v) is 5.71. The van der Waals surface area contributed by atoms with Crippen molar-refractivity contribution < 1.29 is 23.9 Å². The number of benzene rings is 3. The molecule has 3 atom stereocenters.